The Hall–Kier alpha value is -0.755. The van der Waals surface area contributed by atoms with Gasteiger partial charge in [-0.1, -0.05) is 44.7 Å². The minimum Gasteiger partial charge on any atom is -0.426 e. The third-order valence-electron chi connectivity index (χ3n) is 3.85. The molecule has 1 saturated heterocycles. The smallest absolute Gasteiger partial charge is 0.327 e. The Balaban J connectivity index is 2.90. The summed E-state index contributed by atoms with van der Waals surface area (Å²) in [7, 11) is 0. The topological polar surface area (TPSA) is 9.23 Å². The highest BCUT2D eigenvalue weighted by Gasteiger charge is 2.49. The molecule has 0 aromatic heterocycles. The fraction of sp³-hybridized carbons (Fsp3) is 0.571. The molecule has 0 bridgehead atoms. The Kier molecular flexibility index (Phi) is 3.85. The molecule has 0 aromatic carbocycles. The van der Waals surface area contributed by atoms with Crippen LogP contribution in [0.4, 0.5) is 0 Å². The lowest BCUT2D eigenvalue weighted by atomic mass is 9.53. The molecule has 0 unspecified atom stereocenters. The molecule has 0 N–H and O–H groups in total. The number of hydrogen-bond donors (Lipinski definition) is 0. The van der Waals surface area contributed by atoms with Gasteiger partial charge in [0, 0.05) is 0 Å². The first kappa shape index (κ1) is 13.3. The summed E-state index contributed by atoms with van der Waals surface area (Å²) in [5.41, 5.74) is 1.31. The molecule has 0 amide bonds. The van der Waals surface area contributed by atoms with E-state index in [4.69, 9.17) is 4.65 Å². The largest absolute Gasteiger partial charge is 0.426 e. The summed E-state index contributed by atoms with van der Waals surface area (Å²) in [4.78, 5) is 0. The molecule has 16 heavy (non-hydrogen) atoms. The molecule has 1 nitrogen and oxygen atoms in total. The number of allylic oxidation sites excluding steroid dienone is 5. The Morgan fingerprint density at radius 3 is 2.31 bits per heavy atom. The van der Waals surface area contributed by atoms with Crippen LogP contribution in [-0.2, 0) is 4.65 Å². The Morgan fingerprint density at radius 2 is 1.94 bits per heavy atom. The molecule has 0 radical (unpaired) electrons. The van der Waals surface area contributed by atoms with Gasteiger partial charge in [-0.05, 0) is 38.0 Å². The van der Waals surface area contributed by atoms with Gasteiger partial charge >= 0.3 is 6.92 Å². The summed E-state index contributed by atoms with van der Waals surface area (Å²) in [6, 6.07) is 0. The monoisotopic (exact) mass is 218 g/mol. The fourth-order valence-corrected chi connectivity index (χ4v) is 1.97. The molecule has 0 aliphatic carbocycles. The van der Waals surface area contributed by atoms with E-state index in [1.807, 2.05) is 25.2 Å². The second-order valence-electron chi connectivity index (χ2n) is 5.60. The van der Waals surface area contributed by atoms with Crippen molar-refractivity contribution in [3.05, 3.63) is 36.4 Å². The van der Waals surface area contributed by atoms with Crippen molar-refractivity contribution in [2.75, 3.05) is 0 Å². The van der Waals surface area contributed by atoms with Gasteiger partial charge in [-0.15, -0.1) is 0 Å². The van der Waals surface area contributed by atoms with Crippen molar-refractivity contribution in [3.63, 3.8) is 0 Å². The van der Waals surface area contributed by atoms with E-state index in [1.165, 1.54) is 5.47 Å². The third-order valence-corrected chi connectivity index (χ3v) is 3.85. The van der Waals surface area contributed by atoms with Gasteiger partial charge in [-0.3, -0.25) is 0 Å². The van der Waals surface area contributed by atoms with Crippen molar-refractivity contribution < 1.29 is 4.65 Å². The highest BCUT2D eigenvalue weighted by atomic mass is 16.5. The van der Waals surface area contributed by atoms with Gasteiger partial charge < -0.3 is 4.65 Å². The van der Waals surface area contributed by atoms with Crippen molar-refractivity contribution in [3.8, 4) is 0 Å². The van der Waals surface area contributed by atoms with Crippen LogP contribution >= 0.6 is 0 Å². The molecule has 1 heterocycles. The van der Waals surface area contributed by atoms with Gasteiger partial charge in [0.05, 0.1) is 5.60 Å². The Morgan fingerprint density at radius 1 is 1.31 bits per heavy atom. The van der Waals surface area contributed by atoms with Crippen molar-refractivity contribution in [2.45, 2.75) is 46.5 Å². The van der Waals surface area contributed by atoms with Crippen LogP contribution in [-0.4, -0.2) is 12.5 Å². The average molecular weight is 218 g/mol. The zero-order valence-corrected chi connectivity index (χ0v) is 11.2. The number of hydrogen-bond acceptors (Lipinski definition) is 1. The maximum Gasteiger partial charge on any atom is 0.327 e. The first-order valence-electron chi connectivity index (χ1n) is 5.97. The predicted molar refractivity (Wildman–Crippen MR) is 72.6 cm³/mol. The molecule has 2 heteroatoms. The van der Waals surface area contributed by atoms with Crippen LogP contribution in [0.2, 0.25) is 6.32 Å². The van der Waals surface area contributed by atoms with Gasteiger partial charge in [0.1, 0.15) is 0 Å². The summed E-state index contributed by atoms with van der Waals surface area (Å²) in [6.07, 6.45) is 9.11. The van der Waals surface area contributed by atoms with Gasteiger partial charge in [-0.25, -0.2) is 0 Å². The van der Waals surface area contributed by atoms with Crippen LogP contribution in [0.1, 0.15) is 34.6 Å². The van der Waals surface area contributed by atoms with Gasteiger partial charge in [0.15, 0.2) is 0 Å². The normalized spacial score (nSPS) is 24.1. The van der Waals surface area contributed by atoms with Gasteiger partial charge in [0.2, 0.25) is 0 Å². The predicted octanol–water partition coefficient (Wildman–Crippen LogP) is 4.04. The highest BCUT2D eigenvalue weighted by molar-refractivity contribution is 6.62. The first-order chi connectivity index (χ1) is 7.34. The van der Waals surface area contributed by atoms with E-state index in [-0.39, 0.29) is 17.9 Å². The summed E-state index contributed by atoms with van der Waals surface area (Å²) >= 11 is 0. The molecule has 1 fully saturated rings. The van der Waals surface area contributed by atoms with Crippen molar-refractivity contribution >= 4 is 6.92 Å². The molecule has 1 aliphatic heterocycles. The van der Waals surface area contributed by atoms with E-state index < -0.39 is 0 Å². The second kappa shape index (κ2) is 4.62. The Labute approximate surface area is 100 Å². The van der Waals surface area contributed by atoms with Crippen LogP contribution in [0.15, 0.2) is 36.4 Å². The van der Waals surface area contributed by atoms with E-state index in [2.05, 4.69) is 40.3 Å². The molecule has 0 saturated carbocycles. The molecule has 88 valence electrons. The first-order valence-corrected chi connectivity index (χ1v) is 5.97. The maximum absolute atomic E-state index is 6.14. The standard InChI is InChI=1S/C14H23BO/c1-7-9-10-12(8-2)15-11-13(3,4)14(5,6)16-15/h7-10H,2,11H2,1,3-6H3/b9-7-,12-10+. The van der Waals surface area contributed by atoms with Crippen LogP contribution in [0.3, 0.4) is 0 Å². The minimum absolute atomic E-state index is 0.0737. The van der Waals surface area contributed by atoms with E-state index in [1.54, 1.807) is 0 Å². The van der Waals surface area contributed by atoms with Crippen LogP contribution < -0.4 is 0 Å². The lowest BCUT2D eigenvalue weighted by Gasteiger charge is -2.34. The van der Waals surface area contributed by atoms with Crippen LogP contribution in [0.25, 0.3) is 0 Å². The third kappa shape index (κ3) is 2.49. The molecule has 1 rings (SSSR count). The van der Waals surface area contributed by atoms with E-state index in [0.29, 0.717) is 0 Å². The lowest BCUT2D eigenvalue weighted by molar-refractivity contribution is 0.0371. The van der Waals surface area contributed by atoms with Crippen molar-refractivity contribution in [1.29, 1.82) is 0 Å². The SMILES string of the molecule is C=C/C(=C\C=C/C)B1CC(C)(C)C(C)(C)O1. The Bertz CT molecular complexity index is 308. The van der Waals surface area contributed by atoms with Gasteiger partial charge in [0.25, 0.3) is 0 Å². The van der Waals surface area contributed by atoms with Crippen molar-refractivity contribution in [2.24, 2.45) is 5.41 Å². The fourth-order valence-electron chi connectivity index (χ4n) is 1.97. The van der Waals surface area contributed by atoms with Crippen LogP contribution in [0.5, 0.6) is 0 Å². The average Bonchev–Trinajstić information content (AvgIpc) is 2.37. The second-order valence-corrected chi connectivity index (χ2v) is 5.60. The molecule has 1 aliphatic rings. The highest BCUT2D eigenvalue weighted by Crippen LogP contribution is 2.46. The van der Waals surface area contributed by atoms with Gasteiger partial charge in [-0.2, -0.15) is 0 Å². The summed E-state index contributed by atoms with van der Waals surface area (Å²) in [5, 5.41) is 0. The van der Waals surface area contributed by atoms with E-state index in [0.717, 1.165) is 6.32 Å². The molecular weight excluding hydrogens is 195 g/mol. The minimum atomic E-state index is -0.0737. The maximum atomic E-state index is 6.14. The molecule has 0 atom stereocenters. The van der Waals surface area contributed by atoms with Crippen molar-refractivity contribution in [1.82, 2.24) is 0 Å². The zero-order chi connectivity index (χ0) is 12.4. The lowest BCUT2D eigenvalue weighted by Crippen LogP contribution is -2.34. The zero-order valence-electron chi connectivity index (χ0n) is 11.2. The summed E-state index contributed by atoms with van der Waals surface area (Å²) in [6.45, 7) is 14.9. The van der Waals surface area contributed by atoms with E-state index in [9.17, 15) is 0 Å². The molecule has 0 spiro atoms. The summed E-state index contributed by atoms with van der Waals surface area (Å²) < 4.78 is 6.14. The number of rotatable bonds is 3. The molecule has 0 aromatic rings. The summed E-state index contributed by atoms with van der Waals surface area (Å²) in [5.74, 6) is 0. The van der Waals surface area contributed by atoms with E-state index >= 15 is 0 Å². The molecular formula is C14H23BO. The van der Waals surface area contributed by atoms with Crippen LogP contribution in [0, 0.1) is 5.41 Å². The quantitative estimate of drug-likeness (QED) is 0.513.